The minimum atomic E-state index is -0.412. The van der Waals surface area contributed by atoms with Gasteiger partial charge in [0.15, 0.2) is 0 Å². The zero-order valence-corrected chi connectivity index (χ0v) is 15.4. The summed E-state index contributed by atoms with van der Waals surface area (Å²) in [6.45, 7) is 7.53. The maximum atomic E-state index is 12.2. The molecule has 0 aliphatic carbocycles. The monoisotopic (exact) mass is 353 g/mol. The number of hydrogen-bond acceptors (Lipinski definition) is 4. The van der Waals surface area contributed by atoms with E-state index in [-0.39, 0.29) is 17.6 Å². The smallest absolute Gasteiger partial charge is 0.330 e. The topological polar surface area (TPSA) is 84.7 Å². The van der Waals surface area contributed by atoms with Crippen LogP contribution in [0.25, 0.3) is 5.69 Å². The van der Waals surface area contributed by atoms with E-state index in [0.29, 0.717) is 5.82 Å². The Labute approximate surface area is 151 Å². The Bertz CT molecular complexity index is 997. The summed E-state index contributed by atoms with van der Waals surface area (Å²) in [4.78, 5) is 31.3. The highest BCUT2D eigenvalue weighted by molar-refractivity contribution is 5.42. The Morgan fingerprint density at radius 1 is 1.15 bits per heavy atom. The van der Waals surface area contributed by atoms with Gasteiger partial charge in [0.1, 0.15) is 11.6 Å². The minimum absolute atomic E-state index is 0.0938. The number of aromatic nitrogens is 4. The molecule has 26 heavy (non-hydrogen) atoms. The first-order valence-corrected chi connectivity index (χ1v) is 8.59. The molecule has 2 N–H and O–H groups in total. The first-order valence-electron chi connectivity index (χ1n) is 8.59. The van der Waals surface area contributed by atoms with Crippen molar-refractivity contribution >= 4 is 5.82 Å². The van der Waals surface area contributed by atoms with Gasteiger partial charge in [-0.1, -0.05) is 12.1 Å². The second-order valence-corrected chi connectivity index (χ2v) is 6.60. The van der Waals surface area contributed by atoms with E-state index in [4.69, 9.17) is 0 Å². The molecule has 0 bridgehead atoms. The third kappa shape index (κ3) is 3.46. The molecule has 0 aliphatic rings. The molecule has 0 spiro atoms. The molecule has 2 aromatic heterocycles. The largest absolute Gasteiger partial charge is 0.365 e. The number of imidazole rings is 1. The number of hydrogen-bond donors (Lipinski definition) is 2. The van der Waals surface area contributed by atoms with Crippen molar-refractivity contribution in [2.45, 2.75) is 39.8 Å². The van der Waals surface area contributed by atoms with Crippen molar-refractivity contribution in [1.29, 1.82) is 0 Å². The molecule has 136 valence electrons. The molecule has 7 nitrogen and oxygen atoms in total. The number of H-pyrrole nitrogens is 1. The van der Waals surface area contributed by atoms with Gasteiger partial charge in [-0.3, -0.25) is 14.3 Å². The number of rotatable bonds is 5. The molecule has 7 heteroatoms. The van der Waals surface area contributed by atoms with E-state index in [9.17, 15) is 9.59 Å². The highest BCUT2D eigenvalue weighted by Gasteiger charge is 2.11. The van der Waals surface area contributed by atoms with Crippen molar-refractivity contribution in [3.8, 4) is 5.69 Å². The summed E-state index contributed by atoms with van der Waals surface area (Å²) >= 11 is 0. The zero-order chi connectivity index (χ0) is 18.8. The Morgan fingerprint density at radius 2 is 1.92 bits per heavy atom. The first kappa shape index (κ1) is 17.7. The van der Waals surface area contributed by atoms with E-state index in [1.807, 2.05) is 42.8 Å². The Morgan fingerprint density at radius 3 is 2.54 bits per heavy atom. The van der Waals surface area contributed by atoms with Gasteiger partial charge in [-0.05, 0) is 45.4 Å². The van der Waals surface area contributed by atoms with Crippen LogP contribution >= 0.6 is 0 Å². The summed E-state index contributed by atoms with van der Waals surface area (Å²) < 4.78 is 3.19. The molecule has 0 amide bonds. The standard InChI is InChI=1S/C19H23N5O2/c1-12(2)24-18(25)11-17(22-19(24)26)21-13(3)15-6-5-7-16(10-15)23-9-8-20-14(23)4/h5-13,21H,1-4H3,(H,22,26)/t13-/m0/s1. The van der Waals surface area contributed by atoms with Crippen LogP contribution in [0.1, 0.15) is 44.2 Å². The normalized spacial score (nSPS) is 12.3. The summed E-state index contributed by atoms with van der Waals surface area (Å²) in [5.41, 5.74) is 1.31. The molecule has 0 fully saturated rings. The van der Waals surface area contributed by atoms with Crippen LogP contribution in [-0.4, -0.2) is 19.1 Å². The molecule has 0 saturated heterocycles. The number of aryl methyl sites for hydroxylation is 1. The molecule has 1 atom stereocenters. The van der Waals surface area contributed by atoms with E-state index in [2.05, 4.69) is 21.4 Å². The van der Waals surface area contributed by atoms with Crippen LogP contribution in [0.2, 0.25) is 0 Å². The van der Waals surface area contributed by atoms with E-state index in [0.717, 1.165) is 17.1 Å². The first-order chi connectivity index (χ1) is 12.4. The maximum Gasteiger partial charge on any atom is 0.330 e. The second-order valence-electron chi connectivity index (χ2n) is 6.60. The average molecular weight is 353 g/mol. The highest BCUT2D eigenvalue weighted by Crippen LogP contribution is 2.20. The predicted molar refractivity (Wildman–Crippen MR) is 102 cm³/mol. The molecule has 1 aromatic carbocycles. The SMILES string of the molecule is Cc1nccn1-c1cccc([C@H](C)Nc2cc(=O)n(C(C)C)c(=O)[nH]2)c1. The van der Waals surface area contributed by atoms with Crippen LogP contribution in [0, 0.1) is 6.92 Å². The molecular formula is C19H23N5O2. The van der Waals surface area contributed by atoms with Gasteiger partial charge in [0.05, 0.1) is 0 Å². The summed E-state index contributed by atoms with van der Waals surface area (Å²) in [6.07, 6.45) is 3.67. The van der Waals surface area contributed by atoms with Crippen LogP contribution in [0.5, 0.6) is 0 Å². The lowest BCUT2D eigenvalue weighted by atomic mass is 10.1. The van der Waals surface area contributed by atoms with Crippen LogP contribution in [0.3, 0.4) is 0 Å². The lowest BCUT2D eigenvalue weighted by Crippen LogP contribution is -2.36. The number of nitrogens with zero attached hydrogens (tertiary/aromatic N) is 3. The summed E-state index contributed by atoms with van der Waals surface area (Å²) in [7, 11) is 0. The van der Waals surface area contributed by atoms with Gasteiger partial charge >= 0.3 is 5.69 Å². The van der Waals surface area contributed by atoms with Gasteiger partial charge in [0, 0.05) is 36.2 Å². The average Bonchev–Trinajstić information content (AvgIpc) is 3.00. The molecular weight excluding hydrogens is 330 g/mol. The van der Waals surface area contributed by atoms with Gasteiger partial charge in [-0.15, -0.1) is 0 Å². The maximum absolute atomic E-state index is 12.2. The van der Waals surface area contributed by atoms with Gasteiger partial charge in [-0.25, -0.2) is 9.78 Å². The van der Waals surface area contributed by atoms with Crippen molar-refractivity contribution in [3.63, 3.8) is 0 Å². The van der Waals surface area contributed by atoms with Crippen LogP contribution < -0.4 is 16.6 Å². The number of benzene rings is 1. The van der Waals surface area contributed by atoms with E-state index in [1.165, 1.54) is 10.6 Å². The van der Waals surface area contributed by atoms with Crippen LogP contribution in [0.4, 0.5) is 5.82 Å². The number of nitrogens with one attached hydrogen (secondary N) is 2. The molecule has 0 radical (unpaired) electrons. The van der Waals surface area contributed by atoms with Gasteiger partial charge < -0.3 is 9.88 Å². The van der Waals surface area contributed by atoms with Gasteiger partial charge in [0.2, 0.25) is 0 Å². The lowest BCUT2D eigenvalue weighted by Gasteiger charge is -2.17. The highest BCUT2D eigenvalue weighted by atomic mass is 16.2. The fourth-order valence-corrected chi connectivity index (χ4v) is 2.98. The summed E-state index contributed by atoms with van der Waals surface area (Å²) in [5.74, 6) is 1.32. The molecule has 0 aliphatic heterocycles. The van der Waals surface area contributed by atoms with Crippen molar-refractivity contribution in [3.05, 3.63) is 75.0 Å². The molecule has 0 saturated carbocycles. The molecule has 3 aromatic rings. The molecule has 2 heterocycles. The van der Waals surface area contributed by atoms with Gasteiger partial charge in [0.25, 0.3) is 5.56 Å². The summed E-state index contributed by atoms with van der Waals surface area (Å²) in [5, 5.41) is 3.20. The number of aromatic amines is 1. The Kier molecular flexibility index (Phi) is 4.79. The predicted octanol–water partition coefficient (Wildman–Crippen LogP) is 2.78. The molecule has 3 rings (SSSR count). The van der Waals surface area contributed by atoms with Gasteiger partial charge in [-0.2, -0.15) is 0 Å². The zero-order valence-electron chi connectivity index (χ0n) is 15.4. The lowest BCUT2D eigenvalue weighted by molar-refractivity contribution is 0.546. The second kappa shape index (κ2) is 7.03. The number of anilines is 1. The van der Waals surface area contributed by atoms with Crippen molar-refractivity contribution < 1.29 is 0 Å². The van der Waals surface area contributed by atoms with E-state index in [1.54, 1.807) is 20.0 Å². The Hall–Kier alpha value is -3.09. The van der Waals surface area contributed by atoms with Crippen molar-refractivity contribution in [1.82, 2.24) is 19.1 Å². The van der Waals surface area contributed by atoms with Crippen molar-refractivity contribution in [2.24, 2.45) is 0 Å². The van der Waals surface area contributed by atoms with E-state index >= 15 is 0 Å². The Balaban J connectivity index is 1.87. The van der Waals surface area contributed by atoms with Crippen LogP contribution in [0.15, 0.2) is 52.3 Å². The fraction of sp³-hybridized carbons (Fsp3) is 0.316. The van der Waals surface area contributed by atoms with E-state index < -0.39 is 5.69 Å². The summed E-state index contributed by atoms with van der Waals surface area (Å²) in [6, 6.07) is 9.18. The van der Waals surface area contributed by atoms with Crippen LogP contribution in [-0.2, 0) is 0 Å². The van der Waals surface area contributed by atoms with Crippen molar-refractivity contribution in [2.75, 3.05) is 5.32 Å². The third-order valence-electron chi connectivity index (χ3n) is 4.33. The minimum Gasteiger partial charge on any atom is -0.365 e. The third-order valence-corrected chi connectivity index (χ3v) is 4.33. The molecule has 0 unspecified atom stereocenters. The quantitative estimate of drug-likeness (QED) is 0.739. The fourth-order valence-electron chi connectivity index (χ4n) is 2.98.